The summed E-state index contributed by atoms with van der Waals surface area (Å²) < 4.78 is 16.8. The predicted molar refractivity (Wildman–Crippen MR) is 135 cm³/mol. The van der Waals surface area contributed by atoms with Crippen LogP contribution in [0.3, 0.4) is 0 Å². The fourth-order valence-corrected chi connectivity index (χ4v) is 4.91. The lowest BCUT2D eigenvalue weighted by Crippen LogP contribution is -2.44. The third-order valence-corrected chi connectivity index (χ3v) is 6.78. The Morgan fingerprint density at radius 1 is 1.00 bits per heavy atom. The second kappa shape index (κ2) is 10.7. The normalized spacial score (nSPS) is 12.7. The van der Waals surface area contributed by atoms with Crippen molar-refractivity contribution >= 4 is 23.1 Å². The largest absolute Gasteiger partial charge is 0.475 e. The number of esters is 1. The molecule has 1 atom stereocenters. The molecule has 0 fully saturated rings. The fourth-order valence-electron chi connectivity index (χ4n) is 3.79. The smallest absolute Gasteiger partial charge is 0.350 e. The molecule has 4 rings (SSSR count). The number of ether oxygens (including phenoxy) is 2. The summed E-state index contributed by atoms with van der Waals surface area (Å²) in [6, 6.07) is 22.5. The number of nitrogens with zero attached hydrogens (tertiary/aromatic N) is 1. The van der Waals surface area contributed by atoms with Crippen LogP contribution in [0.25, 0.3) is 11.5 Å². The summed E-state index contributed by atoms with van der Waals surface area (Å²) in [5.74, 6) is 1.40. The number of aromatic nitrogens is 1. The quantitative estimate of drug-likeness (QED) is 0.198. The van der Waals surface area contributed by atoms with E-state index in [9.17, 15) is 9.59 Å². The Morgan fingerprint density at radius 2 is 1.69 bits per heavy atom. The van der Waals surface area contributed by atoms with E-state index in [-0.39, 0.29) is 12.2 Å². The van der Waals surface area contributed by atoms with Crippen LogP contribution in [-0.4, -0.2) is 29.4 Å². The van der Waals surface area contributed by atoms with Crippen molar-refractivity contribution in [1.82, 2.24) is 4.98 Å². The number of para-hydroxylation sites is 1. The highest BCUT2D eigenvalue weighted by atomic mass is 32.1. The molecule has 0 bridgehead atoms. The number of carbonyl (C=O) groups excluding carboxylic acids is 2. The standard InChI is InChI=1S/C28H27NO5S/c1-19-23(29-26(33-19)20-10-6-4-7-11-20)15-16-24(30)25-17-14-22(35-25)18-28(2,27(31)32-3)34-21-12-8-5-9-13-21/h4-14,17H,15-16,18H2,1-3H3. The first-order valence-corrected chi connectivity index (χ1v) is 12.2. The third-order valence-electron chi connectivity index (χ3n) is 5.65. The Morgan fingerprint density at radius 3 is 2.37 bits per heavy atom. The molecular formula is C28H27NO5S. The van der Waals surface area contributed by atoms with E-state index in [0.717, 1.165) is 21.9 Å². The Hall–Kier alpha value is -3.71. The van der Waals surface area contributed by atoms with Crippen molar-refractivity contribution in [2.24, 2.45) is 0 Å². The first-order valence-electron chi connectivity index (χ1n) is 11.3. The van der Waals surface area contributed by atoms with Gasteiger partial charge in [-0.25, -0.2) is 9.78 Å². The number of carbonyl (C=O) groups is 2. The van der Waals surface area contributed by atoms with E-state index in [1.54, 1.807) is 25.1 Å². The topological polar surface area (TPSA) is 78.6 Å². The Labute approximate surface area is 208 Å². The zero-order valence-corrected chi connectivity index (χ0v) is 20.8. The van der Waals surface area contributed by atoms with Crippen molar-refractivity contribution in [3.05, 3.63) is 94.0 Å². The van der Waals surface area contributed by atoms with Crippen molar-refractivity contribution in [2.45, 2.75) is 38.7 Å². The first-order chi connectivity index (χ1) is 16.9. The van der Waals surface area contributed by atoms with Crippen LogP contribution in [0.15, 0.2) is 77.2 Å². The lowest BCUT2D eigenvalue weighted by molar-refractivity contribution is -0.157. The number of thiophene rings is 1. The number of aryl methyl sites for hydroxylation is 2. The highest BCUT2D eigenvalue weighted by Gasteiger charge is 2.38. The molecule has 180 valence electrons. The molecule has 0 saturated carbocycles. The van der Waals surface area contributed by atoms with E-state index < -0.39 is 11.6 Å². The van der Waals surface area contributed by atoms with Crippen molar-refractivity contribution < 1.29 is 23.5 Å². The molecule has 0 amide bonds. The zero-order chi connectivity index (χ0) is 24.8. The maximum atomic E-state index is 12.9. The first kappa shape index (κ1) is 24.4. The number of benzene rings is 2. The van der Waals surface area contributed by atoms with Crippen molar-refractivity contribution in [3.63, 3.8) is 0 Å². The molecule has 0 N–H and O–H groups in total. The summed E-state index contributed by atoms with van der Waals surface area (Å²) in [5.41, 5.74) is 0.471. The molecule has 0 spiro atoms. The average molecular weight is 490 g/mol. The van der Waals surface area contributed by atoms with Crippen LogP contribution in [-0.2, 0) is 22.4 Å². The Bertz CT molecular complexity index is 1300. The molecule has 0 radical (unpaired) electrons. The SMILES string of the molecule is COC(=O)C(C)(Cc1ccc(C(=O)CCc2nc(-c3ccccc3)oc2C)s1)Oc1ccccc1. The molecule has 4 aromatic rings. The number of hydrogen-bond acceptors (Lipinski definition) is 7. The maximum absolute atomic E-state index is 12.9. The van der Waals surface area contributed by atoms with E-state index in [2.05, 4.69) is 4.98 Å². The number of Topliss-reactive ketones (excluding diaryl/α,β-unsaturated/α-hetero) is 1. The van der Waals surface area contributed by atoms with E-state index in [0.29, 0.717) is 29.4 Å². The summed E-state index contributed by atoms with van der Waals surface area (Å²) >= 11 is 1.37. The van der Waals surface area contributed by atoms with Gasteiger partial charge < -0.3 is 13.9 Å². The van der Waals surface area contributed by atoms with Gasteiger partial charge in [0.15, 0.2) is 5.78 Å². The summed E-state index contributed by atoms with van der Waals surface area (Å²) in [5, 5.41) is 0. The highest BCUT2D eigenvalue weighted by Crippen LogP contribution is 2.28. The van der Waals surface area contributed by atoms with Gasteiger partial charge in [0.25, 0.3) is 0 Å². The van der Waals surface area contributed by atoms with Crippen LogP contribution >= 0.6 is 11.3 Å². The van der Waals surface area contributed by atoms with Gasteiger partial charge in [-0.1, -0.05) is 36.4 Å². The Balaban J connectivity index is 1.42. The second-order valence-electron chi connectivity index (χ2n) is 8.39. The molecule has 6 nitrogen and oxygen atoms in total. The molecule has 0 aliphatic heterocycles. The van der Waals surface area contributed by atoms with Gasteiger partial charge in [0, 0.05) is 29.7 Å². The van der Waals surface area contributed by atoms with Gasteiger partial charge in [0.2, 0.25) is 11.5 Å². The molecule has 2 heterocycles. The molecule has 2 aromatic carbocycles. The minimum atomic E-state index is -1.22. The second-order valence-corrected chi connectivity index (χ2v) is 9.56. The lowest BCUT2D eigenvalue weighted by Gasteiger charge is -2.27. The minimum absolute atomic E-state index is 0.0219. The molecular weight excluding hydrogens is 462 g/mol. The van der Waals surface area contributed by atoms with Crippen molar-refractivity contribution in [1.29, 1.82) is 0 Å². The summed E-state index contributed by atoms with van der Waals surface area (Å²) in [4.78, 5) is 31.5. The molecule has 2 aromatic heterocycles. The van der Waals surface area contributed by atoms with Crippen LogP contribution in [0, 0.1) is 6.92 Å². The third kappa shape index (κ3) is 5.87. The van der Waals surface area contributed by atoms with Crippen molar-refractivity contribution in [3.8, 4) is 17.2 Å². The van der Waals surface area contributed by atoms with Crippen LogP contribution in [0.2, 0.25) is 0 Å². The lowest BCUT2D eigenvalue weighted by atomic mass is 10.0. The van der Waals surface area contributed by atoms with Crippen LogP contribution in [0.4, 0.5) is 0 Å². The van der Waals surface area contributed by atoms with Gasteiger partial charge in [-0.2, -0.15) is 0 Å². The molecule has 0 aliphatic rings. The number of rotatable bonds is 10. The summed E-state index contributed by atoms with van der Waals surface area (Å²) in [7, 11) is 1.34. The molecule has 0 saturated heterocycles. The number of ketones is 1. The van der Waals surface area contributed by atoms with Gasteiger partial charge >= 0.3 is 5.97 Å². The van der Waals surface area contributed by atoms with Crippen LogP contribution in [0.1, 0.15) is 39.3 Å². The molecule has 7 heteroatoms. The molecule has 0 aliphatic carbocycles. The van der Waals surface area contributed by atoms with E-state index in [4.69, 9.17) is 13.9 Å². The van der Waals surface area contributed by atoms with Gasteiger partial charge in [0.05, 0.1) is 17.7 Å². The molecule has 35 heavy (non-hydrogen) atoms. The predicted octanol–water partition coefficient (Wildman–Crippen LogP) is 6.08. The minimum Gasteiger partial charge on any atom is -0.475 e. The maximum Gasteiger partial charge on any atom is 0.350 e. The van der Waals surface area contributed by atoms with E-state index in [1.165, 1.54) is 18.4 Å². The zero-order valence-electron chi connectivity index (χ0n) is 19.9. The highest BCUT2D eigenvalue weighted by molar-refractivity contribution is 7.14. The summed E-state index contributed by atoms with van der Waals surface area (Å²) in [6.07, 6.45) is 1.09. The number of hydrogen-bond donors (Lipinski definition) is 0. The van der Waals surface area contributed by atoms with Gasteiger partial charge in [-0.05, 0) is 50.2 Å². The molecule has 1 unspecified atom stereocenters. The van der Waals surface area contributed by atoms with Crippen molar-refractivity contribution in [2.75, 3.05) is 7.11 Å². The Kier molecular flexibility index (Phi) is 7.46. The van der Waals surface area contributed by atoms with Gasteiger partial charge in [-0.15, -0.1) is 11.3 Å². The average Bonchev–Trinajstić information content (AvgIpc) is 3.49. The van der Waals surface area contributed by atoms with E-state index >= 15 is 0 Å². The van der Waals surface area contributed by atoms with Gasteiger partial charge in [-0.3, -0.25) is 4.79 Å². The van der Waals surface area contributed by atoms with Crippen LogP contribution < -0.4 is 4.74 Å². The van der Waals surface area contributed by atoms with E-state index in [1.807, 2.05) is 61.5 Å². The number of oxazole rings is 1. The fraction of sp³-hybridized carbons (Fsp3) is 0.250. The number of methoxy groups -OCH3 is 1. The monoisotopic (exact) mass is 489 g/mol. The van der Waals surface area contributed by atoms with Gasteiger partial charge in [0.1, 0.15) is 11.5 Å². The van der Waals surface area contributed by atoms with Crippen LogP contribution in [0.5, 0.6) is 5.75 Å². The summed E-state index contributed by atoms with van der Waals surface area (Å²) in [6.45, 7) is 3.56.